The molecular weight excluding hydrogens is 491 g/mol. The SMILES string of the molecule is C[NH+](C)C.SCCCCCCCCCC[CH2][Au].[Br-]. The average molecular weight is 524 g/mol. The number of hydrogen-bond acceptors (Lipinski definition) is 1. The Morgan fingerprint density at radius 3 is 1.28 bits per heavy atom. The van der Waals surface area contributed by atoms with Gasteiger partial charge in [-0.2, -0.15) is 0 Å². The van der Waals surface area contributed by atoms with Gasteiger partial charge in [0.25, 0.3) is 0 Å². The Kier molecular flexibility index (Phi) is 32.2. The van der Waals surface area contributed by atoms with Crippen LogP contribution in [0.1, 0.15) is 57.8 Å². The fourth-order valence-corrected chi connectivity index (χ4v) is 2.19. The van der Waals surface area contributed by atoms with Gasteiger partial charge < -0.3 is 21.9 Å². The molecule has 0 aliphatic carbocycles. The molecule has 0 rings (SSSR count). The molecule has 118 valence electrons. The van der Waals surface area contributed by atoms with Gasteiger partial charge in [0.1, 0.15) is 0 Å². The zero-order valence-corrected chi connectivity index (χ0v) is 17.1. The second-order valence-electron chi connectivity index (χ2n) is 5.06. The van der Waals surface area contributed by atoms with Crippen LogP contribution in [-0.2, 0) is 21.1 Å². The van der Waals surface area contributed by atoms with Crippen LogP contribution in [0.25, 0.3) is 0 Å². The van der Waals surface area contributed by atoms with Crippen LogP contribution in [0.4, 0.5) is 0 Å². The third-order valence-electron chi connectivity index (χ3n) is 2.26. The first kappa shape index (κ1) is 24.5. The van der Waals surface area contributed by atoms with Crippen molar-refractivity contribution in [2.75, 3.05) is 26.9 Å². The monoisotopic (exact) mass is 523 g/mol. The van der Waals surface area contributed by atoms with E-state index >= 15 is 0 Å². The number of unbranched alkanes of at least 4 members (excludes halogenated alkanes) is 8. The molecule has 0 aromatic rings. The first-order valence-electron chi connectivity index (χ1n) is 7.03. The first-order valence-corrected chi connectivity index (χ1v) is 9.19. The summed E-state index contributed by atoms with van der Waals surface area (Å²) in [6.45, 7) is 0. The van der Waals surface area contributed by atoms with Crippen molar-refractivity contribution < 1.29 is 42.9 Å². The Bertz CT molecular complexity index is 114. The molecule has 0 aliphatic rings. The van der Waals surface area contributed by atoms with Crippen LogP contribution in [0.3, 0.4) is 0 Å². The molecule has 0 unspecified atom stereocenters. The summed E-state index contributed by atoms with van der Waals surface area (Å²) in [5.41, 5.74) is 0. The average Bonchev–Trinajstić information content (AvgIpc) is 2.26. The van der Waals surface area contributed by atoms with E-state index in [1.807, 2.05) is 0 Å². The van der Waals surface area contributed by atoms with Crippen LogP contribution in [0, 0.1) is 0 Å². The molecule has 0 amide bonds. The van der Waals surface area contributed by atoms with Gasteiger partial charge in [0.2, 0.25) is 0 Å². The van der Waals surface area contributed by atoms with Gasteiger partial charge >= 0.3 is 102 Å². The summed E-state index contributed by atoms with van der Waals surface area (Å²) in [6.07, 6.45) is 12.7. The van der Waals surface area contributed by atoms with Crippen molar-refractivity contribution in [3.05, 3.63) is 0 Å². The Balaban J connectivity index is -0.000000392. The minimum Gasteiger partial charge on any atom is -1.00 e. The summed E-state index contributed by atoms with van der Waals surface area (Å²) in [5, 5.41) is 0. The second kappa shape index (κ2) is 23.6. The summed E-state index contributed by atoms with van der Waals surface area (Å²) >= 11 is 6.83. The summed E-state index contributed by atoms with van der Waals surface area (Å²) in [5.74, 6) is 1.06. The molecule has 0 aromatic carbocycles. The van der Waals surface area contributed by atoms with E-state index in [2.05, 4.69) is 54.8 Å². The van der Waals surface area contributed by atoms with E-state index in [1.165, 1.54) is 67.3 Å². The molecule has 4 heteroatoms. The molecule has 0 heterocycles. The predicted octanol–water partition coefficient (Wildman–Crippen LogP) is 0.157. The summed E-state index contributed by atoms with van der Waals surface area (Å²) < 4.78 is 1.31. The Labute approximate surface area is 144 Å². The zero-order valence-electron chi connectivity index (χ0n) is 12.4. The van der Waals surface area contributed by atoms with Crippen LogP contribution in [0.15, 0.2) is 0 Å². The molecule has 0 saturated heterocycles. The van der Waals surface area contributed by atoms with Gasteiger partial charge in [-0.25, -0.2) is 0 Å². The maximum absolute atomic E-state index is 4.20. The van der Waals surface area contributed by atoms with E-state index in [-0.39, 0.29) is 17.0 Å². The number of thiol groups is 1. The molecule has 18 heavy (non-hydrogen) atoms. The Morgan fingerprint density at radius 1 is 0.722 bits per heavy atom. The van der Waals surface area contributed by atoms with Crippen molar-refractivity contribution >= 4 is 12.6 Å². The van der Waals surface area contributed by atoms with Gasteiger partial charge in [0.05, 0.1) is 21.1 Å². The molecule has 0 spiro atoms. The quantitative estimate of drug-likeness (QED) is 0.228. The van der Waals surface area contributed by atoms with Crippen molar-refractivity contribution in [3.63, 3.8) is 0 Å². The molecular formula is C14H33AuBrNS. The van der Waals surface area contributed by atoms with Gasteiger partial charge in [-0.1, -0.05) is 0 Å². The third kappa shape index (κ3) is 36.0. The van der Waals surface area contributed by atoms with E-state index in [1.54, 1.807) is 0 Å². The van der Waals surface area contributed by atoms with Crippen molar-refractivity contribution in [1.29, 1.82) is 0 Å². The van der Waals surface area contributed by atoms with E-state index in [0.717, 1.165) is 5.75 Å². The maximum atomic E-state index is 4.20. The van der Waals surface area contributed by atoms with Crippen LogP contribution < -0.4 is 21.9 Å². The number of halogens is 1. The van der Waals surface area contributed by atoms with Gasteiger partial charge in [-0.15, -0.1) is 0 Å². The predicted molar refractivity (Wildman–Crippen MR) is 78.9 cm³/mol. The number of hydrogen-bond donors (Lipinski definition) is 2. The van der Waals surface area contributed by atoms with Gasteiger partial charge in [0, 0.05) is 0 Å². The van der Waals surface area contributed by atoms with Crippen LogP contribution >= 0.6 is 12.6 Å². The minimum atomic E-state index is 0. The number of rotatable bonds is 10. The molecule has 0 fully saturated rings. The number of nitrogens with one attached hydrogen (secondary N) is 1. The standard InChI is InChI=1S/C11H23S.C3H9N.Au.BrH/c1-2-3-4-5-6-7-8-9-10-11-12;1-4(2)3;;/h12H,1-11H2;1-3H3;;1H. The zero-order chi connectivity index (χ0) is 13.4. The van der Waals surface area contributed by atoms with Gasteiger partial charge in [-0.3, -0.25) is 0 Å². The fraction of sp³-hybridized carbons (Fsp3) is 1.00. The Hall–Kier alpha value is 1.53. The molecule has 1 N–H and O–H groups in total. The molecule has 0 bridgehead atoms. The van der Waals surface area contributed by atoms with Crippen LogP contribution in [-0.4, -0.2) is 26.9 Å². The maximum Gasteiger partial charge on any atom is -1.00 e. The van der Waals surface area contributed by atoms with Crippen LogP contribution in [0.5, 0.6) is 0 Å². The van der Waals surface area contributed by atoms with Crippen molar-refractivity contribution in [2.45, 2.75) is 62.4 Å². The second-order valence-corrected chi connectivity index (χ2v) is 6.59. The van der Waals surface area contributed by atoms with Gasteiger partial charge in [-0.05, 0) is 0 Å². The summed E-state index contributed by atoms with van der Waals surface area (Å²) in [4.78, 5) is 1.42. The molecule has 1 nitrogen and oxygen atoms in total. The number of quaternary nitrogens is 1. The molecule has 0 saturated carbocycles. The van der Waals surface area contributed by atoms with E-state index < -0.39 is 0 Å². The normalized spacial score (nSPS) is 9.72. The van der Waals surface area contributed by atoms with E-state index in [0.29, 0.717) is 0 Å². The minimum absolute atomic E-state index is 0. The largest absolute Gasteiger partial charge is 1.00 e. The third-order valence-corrected chi connectivity index (χ3v) is 3.35. The topological polar surface area (TPSA) is 4.44 Å². The molecule has 0 radical (unpaired) electrons. The first-order chi connectivity index (χ1) is 8.15. The summed E-state index contributed by atoms with van der Waals surface area (Å²) in [6, 6.07) is 0. The van der Waals surface area contributed by atoms with E-state index in [4.69, 9.17) is 0 Å². The van der Waals surface area contributed by atoms with Crippen molar-refractivity contribution in [1.82, 2.24) is 0 Å². The van der Waals surface area contributed by atoms with Gasteiger partial charge in [0.15, 0.2) is 0 Å². The molecule has 0 aliphatic heterocycles. The smallest absolute Gasteiger partial charge is 1.00 e. The summed E-state index contributed by atoms with van der Waals surface area (Å²) in [7, 11) is 6.25. The Morgan fingerprint density at radius 2 is 1.00 bits per heavy atom. The molecule has 0 aromatic heterocycles. The van der Waals surface area contributed by atoms with Crippen molar-refractivity contribution in [3.8, 4) is 0 Å². The van der Waals surface area contributed by atoms with Crippen LogP contribution in [0.2, 0.25) is 4.64 Å². The molecule has 0 atom stereocenters. The van der Waals surface area contributed by atoms with Crippen molar-refractivity contribution in [2.24, 2.45) is 0 Å². The van der Waals surface area contributed by atoms with E-state index in [9.17, 15) is 0 Å². The fourth-order valence-electron chi connectivity index (χ4n) is 1.42.